The Hall–Kier alpha value is -4.50. The van der Waals surface area contributed by atoms with Gasteiger partial charge in [0, 0.05) is 17.1 Å². The Bertz CT molecular complexity index is 1830. The molecule has 0 bridgehead atoms. The van der Waals surface area contributed by atoms with Crippen LogP contribution in [-0.4, -0.2) is 34.8 Å². The fraction of sp³-hybridized carbons (Fsp3) is 0.226. The van der Waals surface area contributed by atoms with Gasteiger partial charge >= 0.3 is 11.9 Å². The van der Waals surface area contributed by atoms with E-state index in [2.05, 4.69) is 9.56 Å². The van der Waals surface area contributed by atoms with E-state index in [9.17, 15) is 14.4 Å². The molecule has 9 heteroatoms. The Morgan fingerprint density at radius 1 is 1.02 bits per heavy atom. The van der Waals surface area contributed by atoms with E-state index in [0.29, 0.717) is 26.2 Å². The lowest BCUT2D eigenvalue weighted by Gasteiger charge is -2.24. The third-order valence-corrected chi connectivity index (χ3v) is 7.92. The molecule has 0 N–H and O–H groups in total. The number of rotatable bonds is 6. The molecule has 0 aliphatic carbocycles. The van der Waals surface area contributed by atoms with Crippen molar-refractivity contribution < 1.29 is 19.1 Å². The molecule has 0 radical (unpaired) electrons. The SMILES string of the molecule is CCOC(=O)C1=C(C)N=c2s/c(=C/c3cc(C)n(-c4ccc(C(=O)OC)cc4)c3C)c(=O)n2[C@@H]1c1ccccc1. The van der Waals surface area contributed by atoms with Crippen LogP contribution in [0.5, 0.6) is 0 Å². The molecule has 5 rings (SSSR count). The van der Waals surface area contributed by atoms with Crippen LogP contribution in [0.25, 0.3) is 11.8 Å². The summed E-state index contributed by atoms with van der Waals surface area (Å²) in [6, 6.07) is 18.0. The van der Waals surface area contributed by atoms with Gasteiger partial charge in [-0.2, -0.15) is 0 Å². The topological polar surface area (TPSA) is 91.9 Å². The number of allylic oxidation sites excluding steroid dienone is 1. The number of thiazole rings is 1. The monoisotopic (exact) mass is 555 g/mol. The summed E-state index contributed by atoms with van der Waals surface area (Å²) < 4.78 is 14.3. The van der Waals surface area contributed by atoms with Crippen molar-refractivity contribution in [3.63, 3.8) is 0 Å². The van der Waals surface area contributed by atoms with Crippen LogP contribution in [0, 0.1) is 13.8 Å². The maximum atomic E-state index is 13.9. The molecule has 204 valence electrons. The van der Waals surface area contributed by atoms with Gasteiger partial charge in [0.1, 0.15) is 0 Å². The average Bonchev–Trinajstić information content (AvgIpc) is 3.41. The van der Waals surface area contributed by atoms with E-state index in [4.69, 9.17) is 9.47 Å². The van der Waals surface area contributed by atoms with Crippen LogP contribution in [0.4, 0.5) is 0 Å². The van der Waals surface area contributed by atoms with Crippen molar-refractivity contribution in [1.29, 1.82) is 0 Å². The first kappa shape index (κ1) is 27.1. The lowest BCUT2D eigenvalue weighted by molar-refractivity contribution is -0.139. The van der Waals surface area contributed by atoms with Crippen molar-refractivity contribution in [2.45, 2.75) is 33.7 Å². The van der Waals surface area contributed by atoms with E-state index in [1.54, 1.807) is 30.5 Å². The normalized spacial score (nSPS) is 15.0. The minimum Gasteiger partial charge on any atom is -0.465 e. The van der Waals surface area contributed by atoms with Crippen molar-refractivity contribution in [2.24, 2.45) is 4.99 Å². The molecule has 40 heavy (non-hydrogen) atoms. The number of carbonyl (C=O) groups excluding carboxylic acids is 2. The zero-order valence-electron chi connectivity index (χ0n) is 22.9. The molecule has 3 heterocycles. The van der Waals surface area contributed by atoms with E-state index < -0.39 is 18.0 Å². The standard InChI is InChI=1S/C31H29N3O5S/c1-6-39-30(37)26-19(3)32-31-34(27(26)21-10-8-7-9-11-21)28(35)25(40-31)17-23-16-18(2)33(20(23)4)24-14-12-22(13-15-24)29(36)38-5/h7-17,27H,6H2,1-5H3/b25-17+/t27-/m1/s1. The quantitative estimate of drug-likeness (QED) is 0.336. The van der Waals surface area contributed by atoms with Gasteiger partial charge in [0.05, 0.1) is 41.1 Å². The Morgan fingerprint density at radius 3 is 2.38 bits per heavy atom. The minimum absolute atomic E-state index is 0.223. The maximum Gasteiger partial charge on any atom is 0.338 e. The van der Waals surface area contributed by atoms with Gasteiger partial charge < -0.3 is 14.0 Å². The van der Waals surface area contributed by atoms with Crippen LogP contribution in [0.1, 0.15) is 52.8 Å². The highest BCUT2D eigenvalue weighted by Crippen LogP contribution is 2.30. The summed E-state index contributed by atoms with van der Waals surface area (Å²) in [7, 11) is 1.36. The Morgan fingerprint density at radius 2 is 1.73 bits per heavy atom. The number of hydrogen-bond acceptors (Lipinski definition) is 7. The van der Waals surface area contributed by atoms with Crippen LogP contribution < -0.4 is 14.9 Å². The Balaban J connectivity index is 1.63. The number of ether oxygens (including phenoxy) is 2. The zero-order valence-corrected chi connectivity index (χ0v) is 23.7. The van der Waals surface area contributed by atoms with E-state index in [1.165, 1.54) is 18.4 Å². The van der Waals surface area contributed by atoms with Gasteiger partial charge in [-0.05, 0) is 75.2 Å². The summed E-state index contributed by atoms with van der Waals surface area (Å²) in [5.41, 5.74) is 5.65. The molecule has 0 saturated heterocycles. The predicted molar refractivity (Wildman–Crippen MR) is 153 cm³/mol. The van der Waals surface area contributed by atoms with Crippen LogP contribution in [0.3, 0.4) is 0 Å². The molecule has 8 nitrogen and oxygen atoms in total. The second kappa shape index (κ2) is 10.9. The first-order valence-electron chi connectivity index (χ1n) is 12.9. The molecular formula is C31H29N3O5S. The number of nitrogens with zero attached hydrogens (tertiary/aromatic N) is 3. The summed E-state index contributed by atoms with van der Waals surface area (Å²) in [5, 5.41) is 0. The third-order valence-electron chi connectivity index (χ3n) is 6.94. The van der Waals surface area contributed by atoms with E-state index in [1.807, 2.05) is 68.5 Å². The number of methoxy groups -OCH3 is 1. The van der Waals surface area contributed by atoms with E-state index >= 15 is 0 Å². The van der Waals surface area contributed by atoms with Gasteiger partial charge in [-0.25, -0.2) is 14.6 Å². The average molecular weight is 556 g/mol. The summed E-state index contributed by atoms with van der Waals surface area (Å²) in [6.45, 7) is 7.73. The van der Waals surface area contributed by atoms with Gasteiger partial charge in [-0.1, -0.05) is 41.7 Å². The molecule has 1 aliphatic rings. The summed E-state index contributed by atoms with van der Waals surface area (Å²) in [6.07, 6.45) is 1.87. The minimum atomic E-state index is -0.639. The smallest absolute Gasteiger partial charge is 0.338 e. The predicted octanol–water partition coefficient (Wildman–Crippen LogP) is 3.99. The maximum absolute atomic E-state index is 13.9. The third kappa shape index (κ3) is 4.73. The van der Waals surface area contributed by atoms with Gasteiger partial charge in [-0.3, -0.25) is 9.36 Å². The van der Waals surface area contributed by atoms with E-state index in [0.717, 1.165) is 28.2 Å². The first-order chi connectivity index (χ1) is 19.2. The fourth-order valence-electron chi connectivity index (χ4n) is 5.08. The number of carbonyl (C=O) groups is 2. The van der Waals surface area contributed by atoms with Crippen LogP contribution in [0.15, 0.2) is 81.7 Å². The fourth-order valence-corrected chi connectivity index (χ4v) is 6.12. The Kier molecular flexibility index (Phi) is 7.40. The van der Waals surface area contributed by atoms with Gasteiger partial charge in [0.2, 0.25) is 0 Å². The summed E-state index contributed by atoms with van der Waals surface area (Å²) >= 11 is 1.29. The zero-order chi connectivity index (χ0) is 28.6. The summed E-state index contributed by atoms with van der Waals surface area (Å²) in [5.74, 6) is -0.868. The Labute approximate surface area is 235 Å². The second-order valence-corrected chi connectivity index (χ2v) is 10.4. The molecular weight excluding hydrogens is 526 g/mol. The van der Waals surface area contributed by atoms with Gasteiger partial charge in [0.15, 0.2) is 4.80 Å². The highest BCUT2D eigenvalue weighted by Gasteiger charge is 2.33. The van der Waals surface area contributed by atoms with Crippen molar-refractivity contribution in [3.05, 3.63) is 120 Å². The molecule has 2 aromatic carbocycles. The highest BCUT2D eigenvalue weighted by molar-refractivity contribution is 7.07. The van der Waals surface area contributed by atoms with Crippen molar-refractivity contribution in [1.82, 2.24) is 9.13 Å². The van der Waals surface area contributed by atoms with Gasteiger partial charge in [0.25, 0.3) is 5.56 Å². The highest BCUT2D eigenvalue weighted by atomic mass is 32.1. The molecule has 0 spiro atoms. The molecule has 0 saturated carbocycles. The number of benzene rings is 2. The number of hydrogen-bond donors (Lipinski definition) is 0. The van der Waals surface area contributed by atoms with Crippen LogP contribution in [-0.2, 0) is 14.3 Å². The number of esters is 2. The number of aromatic nitrogens is 2. The lowest BCUT2D eigenvalue weighted by atomic mass is 9.96. The molecule has 0 unspecified atom stereocenters. The molecule has 0 fully saturated rings. The van der Waals surface area contributed by atoms with Crippen molar-refractivity contribution in [2.75, 3.05) is 13.7 Å². The lowest BCUT2D eigenvalue weighted by Crippen LogP contribution is -2.39. The van der Waals surface area contributed by atoms with Crippen LogP contribution >= 0.6 is 11.3 Å². The van der Waals surface area contributed by atoms with Crippen LogP contribution in [0.2, 0.25) is 0 Å². The van der Waals surface area contributed by atoms with Crippen molar-refractivity contribution >= 4 is 29.4 Å². The number of aryl methyl sites for hydroxylation is 1. The second-order valence-electron chi connectivity index (χ2n) is 9.41. The molecule has 1 atom stereocenters. The molecule has 4 aromatic rings. The van der Waals surface area contributed by atoms with E-state index in [-0.39, 0.29) is 12.2 Å². The largest absolute Gasteiger partial charge is 0.465 e. The van der Waals surface area contributed by atoms with Gasteiger partial charge in [-0.15, -0.1) is 0 Å². The first-order valence-corrected chi connectivity index (χ1v) is 13.7. The molecule has 0 amide bonds. The number of fused-ring (bicyclic) bond motifs is 1. The molecule has 2 aromatic heterocycles. The van der Waals surface area contributed by atoms with Crippen molar-refractivity contribution in [3.8, 4) is 5.69 Å². The molecule has 1 aliphatic heterocycles. The summed E-state index contributed by atoms with van der Waals surface area (Å²) in [4.78, 5) is 43.9.